The van der Waals surface area contributed by atoms with Crippen LogP contribution in [0.2, 0.25) is 0 Å². The molecule has 1 N–H and O–H groups in total. The molecule has 0 amide bonds. The van der Waals surface area contributed by atoms with Gasteiger partial charge in [0.05, 0.1) is 5.71 Å². The van der Waals surface area contributed by atoms with Crippen molar-refractivity contribution in [1.29, 1.82) is 5.41 Å². The Kier molecular flexibility index (Phi) is 9.36. The molecule has 0 atom stereocenters. The zero-order valence-corrected chi connectivity index (χ0v) is 35.3. The molecular weight excluding hydrogens is 761 g/mol. The third-order valence-electron chi connectivity index (χ3n) is 13.0. The highest BCUT2D eigenvalue weighted by molar-refractivity contribution is 6.19. The van der Waals surface area contributed by atoms with Crippen LogP contribution >= 0.6 is 0 Å². The van der Waals surface area contributed by atoms with Crippen molar-refractivity contribution < 1.29 is 0 Å². The standard InChI is InChI=1S/C61H44N2/c1-61(2)57-39-46(29-32-55(57)56-37-44-20-9-10-21-45(44)38-58(56)61)49-33-34-54(52-27-14-13-26-51(49)52)53-31-28-41(48-24-11-12-25-50(48)53)30-35-59(63-60(62)42-18-7-4-8-19-42)47-23-15-22-43(36-47)40-16-5-3-6-17-40/h3-39,62H,1-2H3/b35-30+,62-60?,63-59?. The zero-order chi connectivity index (χ0) is 42.5. The molecule has 0 saturated carbocycles. The molecule has 0 saturated heterocycles. The Morgan fingerprint density at radius 3 is 1.70 bits per heavy atom. The average Bonchev–Trinajstić information content (AvgIpc) is 3.56. The highest BCUT2D eigenvalue weighted by atomic mass is 14.8. The third kappa shape index (κ3) is 6.77. The number of benzene rings is 10. The predicted octanol–water partition coefficient (Wildman–Crippen LogP) is 16.0. The number of fused-ring (bicyclic) bond motifs is 6. The number of hydrogen-bond acceptors (Lipinski definition) is 1. The van der Waals surface area contributed by atoms with Gasteiger partial charge in [0.2, 0.25) is 0 Å². The Morgan fingerprint density at radius 1 is 0.413 bits per heavy atom. The van der Waals surface area contributed by atoms with Crippen molar-refractivity contribution in [3.63, 3.8) is 0 Å². The van der Waals surface area contributed by atoms with Crippen molar-refractivity contribution >= 4 is 49.9 Å². The summed E-state index contributed by atoms with van der Waals surface area (Å²) in [7, 11) is 0. The number of aliphatic imine (C=N–C) groups is 1. The molecule has 10 aromatic carbocycles. The molecule has 0 fully saturated rings. The molecule has 1 aliphatic rings. The predicted molar refractivity (Wildman–Crippen MR) is 268 cm³/mol. The Balaban J connectivity index is 0.983. The van der Waals surface area contributed by atoms with E-state index in [4.69, 9.17) is 10.4 Å². The minimum absolute atomic E-state index is 0.113. The van der Waals surface area contributed by atoms with E-state index in [-0.39, 0.29) is 11.3 Å². The summed E-state index contributed by atoms with van der Waals surface area (Å²) in [6.07, 6.45) is 4.21. The number of nitrogens with one attached hydrogen (secondary N) is 1. The van der Waals surface area contributed by atoms with Gasteiger partial charge in [-0.15, -0.1) is 0 Å². The summed E-state index contributed by atoms with van der Waals surface area (Å²) in [5.74, 6) is 0.221. The lowest BCUT2D eigenvalue weighted by atomic mass is 9.80. The van der Waals surface area contributed by atoms with Crippen molar-refractivity contribution in [3.05, 3.63) is 246 Å². The van der Waals surface area contributed by atoms with Gasteiger partial charge >= 0.3 is 0 Å². The van der Waals surface area contributed by atoms with Crippen LogP contribution < -0.4 is 0 Å². The van der Waals surface area contributed by atoms with E-state index in [2.05, 4.69) is 202 Å². The van der Waals surface area contributed by atoms with E-state index >= 15 is 0 Å². The molecule has 0 bridgehead atoms. The van der Waals surface area contributed by atoms with Crippen LogP contribution in [0.3, 0.4) is 0 Å². The molecule has 2 heteroatoms. The lowest BCUT2D eigenvalue weighted by molar-refractivity contribution is 0.661. The molecule has 0 aliphatic heterocycles. The maximum absolute atomic E-state index is 8.98. The maximum atomic E-state index is 8.98. The van der Waals surface area contributed by atoms with Crippen LogP contribution in [0.5, 0.6) is 0 Å². The third-order valence-corrected chi connectivity index (χ3v) is 13.0. The van der Waals surface area contributed by atoms with Crippen LogP contribution in [0.4, 0.5) is 0 Å². The monoisotopic (exact) mass is 804 g/mol. The fraction of sp³-hybridized carbons (Fsp3) is 0.0492. The summed E-state index contributed by atoms with van der Waals surface area (Å²) >= 11 is 0. The van der Waals surface area contributed by atoms with Gasteiger partial charge in [0.1, 0.15) is 0 Å². The summed E-state index contributed by atoms with van der Waals surface area (Å²) in [6.45, 7) is 4.74. The van der Waals surface area contributed by atoms with Crippen molar-refractivity contribution in [3.8, 4) is 44.5 Å². The lowest BCUT2D eigenvalue weighted by Gasteiger charge is -2.22. The maximum Gasteiger partial charge on any atom is 0.152 e. The van der Waals surface area contributed by atoms with E-state index in [9.17, 15) is 0 Å². The number of hydrogen-bond donors (Lipinski definition) is 1. The van der Waals surface area contributed by atoms with Gasteiger partial charge in [0.25, 0.3) is 0 Å². The van der Waals surface area contributed by atoms with Gasteiger partial charge in [-0.1, -0.05) is 208 Å². The number of nitrogens with zero attached hydrogens (tertiary/aromatic N) is 1. The van der Waals surface area contributed by atoms with Crippen LogP contribution in [-0.2, 0) is 5.41 Å². The molecule has 1 aliphatic carbocycles. The Morgan fingerprint density at radius 2 is 0.952 bits per heavy atom. The summed E-state index contributed by atoms with van der Waals surface area (Å²) in [6, 6.07) is 75.8. The summed E-state index contributed by atoms with van der Waals surface area (Å²) in [5, 5.41) is 16.4. The molecule has 10 aromatic rings. The molecule has 2 nitrogen and oxygen atoms in total. The van der Waals surface area contributed by atoms with Gasteiger partial charge in [-0.25, -0.2) is 4.99 Å². The smallest absolute Gasteiger partial charge is 0.152 e. The quantitative estimate of drug-likeness (QED) is 0.123. The molecule has 0 heterocycles. The van der Waals surface area contributed by atoms with Crippen molar-refractivity contribution in [1.82, 2.24) is 0 Å². The number of amidine groups is 1. The fourth-order valence-corrected chi connectivity index (χ4v) is 9.71. The van der Waals surface area contributed by atoms with E-state index < -0.39 is 0 Å². The van der Waals surface area contributed by atoms with Crippen molar-refractivity contribution in [2.45, 2.75) is 19.3 Å². The minimum atomic E-state index is -0.113. The number of rotatable bonds is 7. The summed E-state index contributed by atoms with van der Waals surface area (Å²) < 4.78 is 0. The lowest BCUT2D eigenvalue weighted by Crippen LogP contribution is -2.15. The van der Waals surface area contributed by atoms with E-state index in [1.807, 2.05) is 36.4 Å². The van der Waals surface area contributed by atoms with E-state index in [1.54, 1.807) is 0 Å². The van der Waals surface area contributed by atoms with Crippen molar-refractivity contribution in [2.75, 3.05) is 0 Å². The second-order valence-corrected chi connectivity index (χ2v) is 17.1. The highest BCUT2D eigenvalue weighted by Gasteiger charge is 2.36. The molecule has 11 rings (SSSR count). The van der Waals surface area contributed by atoms with Gasteiger partial charge in [-0.3, -0.25) is 5.41 Å². The molecule has 0 spiro atoms. The Bertz CT molecular complexity index is 3480. The highest BCUT2D eigenvalue weighted by Crippen LogP contribution is 2.51. The first-order valence-corrected chi connectivity index (χ1v) is 21.7. The fourth-order valence-electron chi connectivity index (χ4n) is 9.71. The Hall–Kier alpha value is -7.94. The van der Waals surface area contributed by atoms with E-state index in [1.165, 1.54) is 71.4 Å². The van der Waals surface area contributed by atoms with Gasteiger partial charge < -0.3 is 0 Å². The van der Waals surface area contributed by atoms with Crippen LogP contribution in [0.25, 0.3) is 82.9 Å². The first kappa shape index (κ1) is 38.0. The van der Waals surface area contributed by atoms with Gasteiger partial charge in [-0.2, -0.15) is 0 Å². The Labute approximate surface area is 368 Å². The zero-order valence-electron chi connectivity index (χ0n) is 35.3. The van der Waals surface area contributed by atoms with Crippen LogP contribution in [-0.4, -0.2) is 11.5 Å². The molecule has 0 radical (unpaired) electrons. The second-order valence-electron chi connectivity index (χ2n) is 17.1. The van der Waals surface area contributed by atoms with Gasteiger partial charge in [0, 0.05) is 16.5 Å². The van der Waals surface area contributed by atoms with Crippen molar-refractivity contribution in [2.24, 2.45) is 4.99 Å². The largest absolute Gasteiger partial charge is 0.282 e. The van der Waals surface area contributed by atoms with Gasteiger partial charge in [0.15, 0.2) is 5.84 Å². The first-order valence-electron chi connectivity index (χ1n) is 21.7. The summed E-state index contributed by atoms with van der Waals surface area (Å²) in [5.41, 5.74) is 16.0. The minimum Gasteiger partial charge on any atom is -0.282 e. The van der Waals surface area contributed by atoms with Crippen LogP contribution in [0, 0.1) is 5.41 Å². The second kappa shape index (κ2) is 15.5. The number of allylic oxidation sites excluding steroid dienone is 1. The first-order chi connectivity index (χ1) is 30.9. The SMILES string of the molecule is CC1(C)c2cc(-c3ccc(-c4ccc(/C=C/C(=NC(=N)c5ccccc5)c5cccc(-c6ccccc6)c5)c5ccccc45)c4ccccc34)ccc2-c2cc3ccccc3cc21. The van der Waals surface area contributed by atoms with Gasteiger partial charge in [-0.05, 0) is 124 Å². The normalized spacial score (nSPS) is 13.1. The topological polar surface area (TPSA) is 36.2 Å². The molecule has 63 heavy (non-hydrogen) atoms. The molecular formula is C61H44N2. The van der Waals surface area contributed by atoms with Crippen LogP contribution in [0.15, 0.2) is 223 Å². The van der Waals surface area contributed by atoms with E-state index in [0.29, 0.717) is 0 Å². The average molecular weight is 805 g/mol. The molecule has 298 valence electrons. The van der Waals surface area contributed by atoms with E-state index in [0.717, 1.165) is 38.9 Å². The summed E-state index contributed by atoms with van der Waals surface area (Å²) in [4.78, 5) is 4.94. The molecule has 0 aromatic heterocycles. The van der Waals surface area contributed by atoms with Crippen LogP contribution in [0.1, 0.15) is 41.7 Å². The molecule has 0 unspecified atom stereocenters.